The SMILES string of the molecule is CC(=O)NC(CC(=O)NC(C)(C)C)c1ccc(C)cc1. The van der Waals surface area contributed by atoms with E-state index in [9.17, 15) is 9.59 Å². The molecule has 1 unspecified atom stereocenters. The highest BCUT2D eigenvalue weighted by Crippen LogP contribution is 2.18. The van der Waals surface area contributed by atoms with Gasteiger partial charge < -0.3 is 10.6 Å². The van der Waals surface area contributed by atoms with Crippen molar-refractivity contribution < 1.29 is 9.59 Å². The zero-order chi connectivity index (χ0) is 15.3. The third-order valence-electron chi connectivity index (χ3n) is 2.76. The first kappa shape index (κ1) is 16.2. The second kappa shape index (κ2) is 6.55. The van der Waals surface area contributed by atoms with Crippen LogP contribution in [0, 0.1) is 6.92 Å². The molecule has 0 aromatic heterocycles. The fraction of sp³-hybridized carbons (Fsp3) is 0.500. The van der Waals surface area contributed by atoms with Crippen molar-refractivity contribution in [3.05, 3.63) is 35.4 Å². The lowest BCUT2D eigenvalue weighted by molar-refractivity contribution is -0.123. The molecule has 4 nitrogen and oxygen atoms in total. The number of carbonyl (C=O) groups is 2. The molecule has 0 saturated heterocycles. The van der Waals surface area contributed by atoms with Crippen LogP contribution in [0.5, 0.6) is 0 Å². The van der Waals surface area contributed by atoms with Crippen LogP contribution in [-0.2, 0) is 9.59 Å². The van der Waals surface area contributed by atoms with E-state index in [0.717, 1.165) is 11.1 Å². The molecule has 1 atom stereocenters. The van der Waals surface area contributed by atoms with Crippen molar-refractivity contribution in [1.82, 2.24) is 10.6 Å². The van der Waals surface area contributed by atoms with Gasteiger partial charge in [-0.15, -0.1) is 0 Å². The summed E-state index contributed by atoms with van der Waals surface area (Å²) in [5, 5.41) is 5.75. The molecule has 0 spiro atoms. The summed E-state index contributed by atoms with van der Waals surface area (Å²) in [7, 11) is 0. The lowest BCUT2D eigenvalue weighted by atomic mass is 10.0. The van der Waals surface area contributed by atoms with Crippen molar-refractivity contribution in [2.24, 2.45) is 0 Å². The maximum atomic E-state index is 12.0. The third kappa shape index (κ3) is 5.87. The Morgan fingerprint density at radius 1 is 1.15 bits per heavy atom. The highest BCUT2D eigenvalue weighted by molar-refractivity contribution is 5.79. The lowest BCUT2D eigenvalue weighted by Gasteiger charge is -2.23. The van der Waals surface area contributed by atoms with Gasteiger partial charge in [0.1, 0.15) is 0 Å². The summed E-state index contributed by atoms with van der Waals surface area (Å²) >= 11 is 0. The van der Waals surface area contributed by atoms with Gasteiger partial charge in [-0.05, 0) is 33.3 Å². The number of rotatable bonds is 4. The van der Waals surface area contributed by atoms with E-state index in [1.807, 2.05) is 52.0 Å². The maximum absolute atomic E-state index is 12.0. The number of carbonyl (C=O) groups excluding carboxylic acids is 2. The molecule has 4 heteroatoms. The summed E-state index contributed by atoms with van der Waals surface area (Å²) in [5.74, 6) is -0.212. The van der Waals surface area contributed by atoms with Crippen molar-refractivity contribution in [2.45, 2.75) is 52.6 Å². The van der Waals surface area contributed by atoms with Crippen LogP contribution in [0.3, 0.4) is 0 Å². The van der Waals surface area contributed by atoms with Gasteiger partial charge in [0.15, 0.2) is 0 Å². The van der Waals surface area contributed by atoms with Crippen LogP contribution in [0.4, 0.5) is 0 Å². The number of aryl methyl sites for hydroxylation is 1. The van der Waals surface area contributed by atoms with E-state index in [1.165, 1.54) is 6.92 Å². The maximum Gasteiger partial charge on any atom is 0.222 e. The van der Waals surface area contributed by atoms with Crippen LogP contribution in [0.2, 0.25) is 0 Å². The van der Waals surface area contributed by atoms with Crippen molar-refractivity contribution in [3.8, 4) is 0 Å². The molecule has 20 heavy (non-hydrogen) atoms. The molecule has 1 aromatic carbocycles. The Balaban J connectivity index is 2.82. The minimum absolute atomic E-state index is 0.0724. The van der Waals surface area contributed by atoms with Gasteiger partial charge in [0.05, 0.1) is 12.5 Å². The molecule has 0 fully saturated rings. The molecule has 0 bridgehead atoms. The van der Waals surface area contributed by atoms with Crippen LogP contribution in [0.1, 0.15) is 51.3 Å². The normalized spacial score (nSPS) is 12.7. The van der Waals surface area contributed by atoms with Crippen molar-refractivity contribution >= 4 is 11.8 Å². The second-order valence-corrected chi connectivity index (χ2v) is 6.17. The Labute approximate surface area is 121 Å². The molecule has 110 valence electrons. The largest absolute Gasteiger partial charge is 0.351 e. The van der Waals surface area contributed by atoms with E-state index in [-0.39, 0.29) is 29.8 Å². The molecule has 2 N–H and O–H groups in total. The van der Waals surface area contributed by atoms with Crippen molar-refractivity contribution in [1.29, 1.82) is 0 Å². The van der Waals surface area contributed by atoms with Gasteiger partial charge in [-0.25, -0.2) is 0 Å². The van der Waals surface area contributed by atoms with E-state index in [2.05, 4.69) is 10.6 Å². The Morgan fingerprint density at radius 2 is 1.70 bits per heavy atom. The molecule has 0 aliphatic carbocycles. The fourth-order valence-electron chi connectivity index (χ4n) is 1.95. The molecule has 0 saturated carbocycles. The number of hydrogen-bond acceptors (Lipinski definition) is 2. The molecule has 2 amide bonds. The summed E-state index contributed by atoms with van der Waals surface area (Å²) in [5.41, 5.74) is 1.81. The number of amides is 2. The smallest absolute Gasteiger partial charge is 0.222 e. The average molecular weight is 276 g/mol. The zero-order valence-corrected chi connectivity index (χ0v) is 12.9. The van der Waals surface area contributed by atoms with Crippen LogP contribution in [0.15, 0.2) is 24.3 Å². The summed E-state index contributed by atoms with van der Waals surface area (Å²) in [4.78, 5) is 23.3. The minimum Gasteiger partial charge on any atom is -0.351 e. The van der Waals surface area contributed by atoms with Crippen LogP contribution in [0.25, 0.3) is 0 Å². The molecule has 0 aliphatic rings. The average Bonchev–Trinajstić information content (AvgIpc) is 2.25. The molecular formula is C16H24N2O2. The van der Waals surface area contributed by atoms with Gasteiger partial charge >= 0.3 is 0 Å². The van der Waals surface area contributed by atoms with Crippen LogP contribution < -0.4 is 10.6 Å². The minimum atomic E-state index is -0.296. The van der Waals surface area contributed by atoms with E-state index >= 15 is 0 Å². The standard InChI is InChI=1S/C16H24N2O2/c1-11-6-8-13(9-7-11)14(17-12(2)19)10-15(20)18-16(3,4)5/h6-9,14H,10H2,1-5H3,(H,17,19)(H,18,20). The Hall–Kier alpha value is -1.84. The summed E-state index contributed by atoms with van der Waals surface area (Å²) in [6.45, 7) is 9.27. The number of nitrogens with one attached hydrogen (secondary N) is 2. The lowest BCUT2D eigenvalue weighted by Crippen LogP contribution is -2.42. The van der Waals surface area contributed by atoms with Gasteiger partial charge in [-0.3, -0.25) is 9.59 Å². The predicted molar refractivity (Wildman–Crippen MR) is 80.2 cm³/mol. The van der Waals surface area contributed by atoms with Crippen LogP contribution in [-0.4, -0.2) is 17.4 Å². The van der Waals surface area contributed by atoms with Gasteiger partial charge in [-0.2, -0.15) is 0 Å². The van der Waals surface area contributed by atoms with Crippen molar-refractivity contribution in [2.75, 3.05) is 0 Å². The fourth-order valence-corrected chi connectivity index (χ4v) is 1.95. The highest BCUT2D eigenvalue weighted by Gasteiger charge is 2.20. The van der Waals surface area contributed by atoms with Gasteiger partial charge in [0.2, 0.25) is 11.8 Å². The van der Waals surface area contributed by atoms with Crippen LogP contribution >= 0.6 is 0 Å². The first-order valence-electron chi connectivity index (χ1n) is 6.82. The first-order chi connectivity index (χ1) is 9.17. The molecule has 0 heterocycles. The van der Waals surface area contributed by atoms with E-state index < -0.39 is 0 Å². The Kier molecular flexibility index (Phi) is 5.31. The third-order valence-corrected chi connectivity index (χ3v) is 2.76. The molecule has 1 rings (SSSR count). The first-order valence-corrected chi connectivity index (χ1v) is 6.82. The summed E-state index contributed by atoms with van der Waals surface area (Å²) in [6, 6.07) is 7.55. The molecule has 1 aromatic rings. The Bertz CT molecular complexity index is 472. The molecule has 0 radical (unpaired) electrons. The van der Waals surface area contributed by atoms with E-state index in [1.54, 1.807) is 0 Å². The van der Waals surface area contributed by atoms with Crippen molar-refractivity contribution in [3.63, 3.8) is 0 Å². The Morgan fingerprint density at radius 3 is 2.15 bits per heavy atom. The van der Waals surface area contributed by atoms with E-state index in [4.69, 9.17) is 0 Å². The second-order valence-electron chi connectivity index (χ2n) is 6.17. The molecule has 0 aliphatic heterocycles. The van der Waals surface area contributed by atoms with E-state index in [0.29, 0.717) is 0 Å². The van der Waals surface area contributed by atoms with Gasteiger partial charge in [0.25, 0.3) is 0 Å². The highest BCUT2D eigenvalue weighted by atomic mass is 16.2. The van der Waals surface area contributed by atoms with Gasteiger partial charge in [0, 0.05) is 12.5 Å². The predicted octanol–water partition coefficient (Wildman–Crippen LogP) is 2.48. The zero-order valence-electron chi connectivity index (χ0n) is 12.9. The topological polar surface area (TPSA) is 58.2 Å². The molecular weight excluding hydrogens is 252 g/mol. The summed E-state index contributed by atoms with van der Waals surface area (Å²) in [6.07, 6.45) is 0.236. The number of benzene rings is 1. The quantitative estimate of drug-likeness (QED) is 0.887. The summed E-state index contributed by atoms with van der Waals surface area (Å²) < 4.78 is 0. The van der Waals surface area contributed by atoms with Gasteiger partial charge in [-0.1, -0.05) is 29.8 Å². The number of hydrogen-bond donors (Lipinski definition) is 2. The monoisotopic (exact) mass is 276 g/mol.